The highest BCUT2D eigenvalue weighted by Gasteiger charge is 2.10. The summed E-state index contributed by atoms with van der Waals surface area (Å²) >= 11 is 0. The third-order valence-electron chi connectivity index (χ3n) is 4.27. The highest BCUT2D eigenvalue weighted by Crippen LogP contribution is 2.22. The van der Waals surface area contributed by atoms with Gasteiger partial charge in [0, 0.05) is 37.5 Å². The molecule has 1 aromatic carbocycles. The van der Waals surface area contributed by atoms with Crippen molar-refractivity contribution in [1.82, 2.24) is 20.0 Å². The summed E-state index contributed by atoms with van der Waals surface area (Å²) in [5.41, 5.74) is 3.46. The molecule has 0 saturated carbocycles. The van der Waals surface area contributed by atoms with Crippen LogP contribution in [0, 0.1) is 6.92 Å². The fraction of sp³-hybridized carbons (Fsp3) is 0.333. The van der Waals surface area contributed by atoms with Crippen LogP contribution in [-0.2, 0) is 13.0 Å². The molecular weight excluding hydrogens is 503 g/mol. The Morgan fingerprint density at radius 1 is 1.23 bits per heavy atom. The molecule has 2 aromatic heterocycles. The Bertz CT molecular complexity index is 944. The van der Waals surface area contributed by atoms with Gasteiger partial charge in [0.1, 0.15) is 11.4 Å². The van der Waals surface area contributed by atoms with Crippen LogP contribution in [0.2, 0.25) is 0 Å². The topological polar surface area (TPSA) is 63.0 Å². The van der Waals surface area contributed by atoms with Crippen LogP contribution in [0.15, 0.2) is 53.8 Å². The summed E-state index contributed by atoms with van der Waals surface area (Å²) in [5.74, 6) is 0.760. The third kappa shape index (κ3) is 6.82. The fourth-order valence-electron chi connectivity index (χ4n) is 2.97. The third-order valence-corrected chi connectivity index (χ3v) is 4.27. The molecule has 0 aliphatic carbocycles. The number of guanidine groups is 1. The molecule has 0 aliphatic rings. The van der Waals surface area contributed by atoms with Gasteiger partial charge in [0.25, 0.3) is 0 Å². The minimum Gasteiger partial charge on any atom is -0.434 e. The van der Waals surface area contributed by atoms with Crippen LogP contribution in [0.5, 0.6) is 5.75 Å². The van der Waals surface area contributed by atoms with Gasteiger partial charge in [-0.3, -0.25) is 0 Å². The predicted molar refractivity (Wildman–Crippen MR) is 125 cm³/mol. The number of alkyl halides is 2. The van der Waals surface area contributed by atoms with Crippen molar-refractivity contribution in [1.29, 1.82) is 0 Å². The van der Waals surface area contributed by atoms with Gasteiger partial charge in [-0.05, 0) is 32.0 Å². The van der Waals surface area contributed by atoms with Gasteiger partial charge in [0.2, 0.25) is 0 Å². The first kappa shape index (κ1) is 23.8. The number of ether oxygens (including phenoxy) is 1. The molecule has 162 valence electrons. The Balaban J connectivity index is 0.00000320. The lowest BCUT2D eigenvalue weighted by molar-refractivity contribution is -0.0504. The van der Waals surface area contributed by atoms with Crippen molar-refractivity contribution in [2.75, 3.05) is 13.1 Å². The molecule has 0 bridgehead atoms. The lowest BCUT2D eigenvalue weighted by atomic mass is 10.1. The Morgan fingerprint density at radius 3 is 2.80 bits per heavy atom. The second-order valence-electron chi connectivity index (χ2n) is 6.56. The zero-order valence-corrected chi connectivity index (χ0v) is 19.3. The first-order valence-corrected chi connectivity index (χ1v) is 9.54. The number of aryl methyl sites for hydroxylation is 1. The van der Waals surface area contributed by atoms with E-state index in [1.807, 2.05) is 48.8 Å². The molecule has 0 radical (unpaired) electrons. The highest BCUT2D eigenvalue weighted by molar-refractivity contribution is 14.0. The highest BCUT2D eigenvalue weighted by atomic mass is 127. The molecule has 0 atom stereocenters. The molecule has 30 heavy (non-hydrogen) atoms. The van der Waals surface area contributed by atoms with Crippen LogP contribution < -0.4 is 15.4 Å². The maximum Gasteiger partial charge on any atom is 0.387 e. The van der Waals surface area contributed by atoms with Crippen LogP contribution >= 0.6 is 24.0 Å². The van der Waals surface area contributed by atoms with E-state index in [-0.39, 0.29) is 36.3 Å². The van der Waals surface area contributed by atoms with Gasteiger partial charge in [-0.25, -0.2) is 9.98 Å². The molecule has 0 saturated heterocycles. The summed E-state index contributed by atoms with van der Waals surface area (Å²) in [6.07, 6.45) is 4.70. The Morgan fingerprint density at radius 2 is 2.07 bits per heavy atom. The summed E-state index contributed by atoms with van der Waals surface area (Å²) in [6.45, 7) is 2.57. The van der Waals surface area contributed by atoms with Crippen LogP contribution in [0.25, 0.3) is 5.65 Å². The molecule has 0 amide bonds. The van der Waals surface area contributed by atoms with E-state index in [1.165, 1.54) is 0 Å². The molecule has 3 rings (SSSR count). The minimum absolute atomic E-state index is 0. The van der Waals surface area contributed by atoms with Crippen molar-refractivity contribution >= 4 is 35.6 Å². The first-order chi connectivity index (χ1) is 14.0. The predicted octanol–water partition coefficient (Wildman–Crippen LogP) is 4.16. The number of aliphatic imine (C=N–C) groups is 1. The number of aromatic nitrogens is 2. The zero-order chi connectivity index (χ0) is 20.6. The van der Waals surface area contributed by atoms with E-state index < -0.39 is 6.61 Å². The van der Waals surface area contributed by atoms with Gasteiger partial charge in [-0.15, -0.1) is 24.0 Å². The molecule has 6 nitrogen and oxygen atoms in total. The Kier molecular flexibility index (Phi) is 9.28. The molecule has 0 fully saturated rings. The molecule has 2 N–H and O–H groups in total. The average molecular weight is 529 g/mol. The monoisotopic (exact) mass is 529 g/mol. The van der Waals surface area contributed by atoms with Crippen LogP contribution in [0.4, 0.5) is 8.78 Å². The van der Waals surface area contributed by atoms with Gasteiger partial charge in [0.05, 0.1) is 12.2 Å². The summed E-state index contributed by atoms with van der Waals surface area (Å²) in [5, 5.41) is 6.42. The van der Waals surface area contributed by atoms with Crippen molar-refractivity contribution in [3.8, 4) is 5.75 Å². The van der Waals surface area contributed by atoms with Crippen LogP contribution in [-0.4, -0.2) is 35.0 Å². The maximum absolute atomic E-state index is 12.6. The molecule has 9 heteroatoms. The molecule has 0 aliphatic heterocycles. The van der Waals surface area contributed by atoms with E-state index >= 15 is 0 Å². The molecule has 0 unspecified atom stereocenters. The van der Waals surface area contributed by atoms with E-state index in [1.54, 1.807) is 18.2 Å². The van der Waals surface area contributed by atoms with E-state index in [0.717, 1.165) is 23.3 Å². The zero-order valence-electron chi connectivity index (χ0n) is 16.9. The number of halogens is 3. The van der Waals surface area contributed by atoms with Gasteiger partial charge < -0.3 is 19.8 Å². The van der Waals surface area contributed by atoms with Crippen LogP contribution in [0.1, 0.15) is 23.7 Å². The van der Waals surface area contributed by atoms with Crippen molar-refractivity contribution in [3.05, 3.63) is 65.6 Å². The minimum atomic E-state index is -2.86. The SMILES string of the molecule is CCNC(=NCc1cc(C)ccc1OC(F)F)NCCc1cn2ccccc2n1.I. The van der Waals surface area contributed by atoms with E-state index in [2.05, 4.69) is 25.3 Å². The number of imidazole rings is 1. The second kappa shape index (κ2) is 11.7. The Hall–Kier alpha value is -2.43. The number of pyridine rings is 1. The largest absolute Gasteiger partial charge is 0.434 e. The number of nitrogens with one attached hydrogen (secondary N) is 2. The van der Waals surface area contributed by atoms with Crippen LogP contribution in [0.3, 0.4) is 0 Å². The Labute approximate surface area is 191 Å². The number of benzene rings is 1. The summed E-state index contributed by atoms with van der Waals surface area (Å²) in [7, 11) is 0. The molecule has 2 heterocycles. The number of hydrogen-bond donors (Lipinski definition) is 2. The molecule has 3 aromatic rings. The van der Waals surface area contributed by atoms with Gasteiger partial charge in [-0.2, -0.15) is 8.78 Å². The average Bonchev–Trinajstić information content (AvgIpc) is 3.10. The number of hydrogen-bond acceptors (Lipinski definition) is 3. The number of rotatable bonds is 8. The van der Waals surface area contributed by atoms with Crippen molar-refractivity contribution < 1.29 is 13.5 Å². The van der Waals surface area contributed by atoms with Gasteiger partial charge >= 0.3 is 6.61 Å². The van der Waals surface area contributed by atoms with E-state index in [4.69, 9.17) is 0 Å². The normalized spacial score (nSPS) is 11.4. The molecular formula is C21H26F2IN5O. The van der Waals surface area contributed by atoms with Crippen molar-refractivity contribution in [3.63, 3.8) is 0 Å². The standard InChI is InChI=1S/C21H25F2N5O.HI/c1-3-24-21(25-10-9-17-14-28-11-5-4-6-19(28)27-17)26-13-16-12-15(2)7-8-18(16)29-20(22)23;/h4-8,11-12,14,20H,3,9-10,13H2,1-2H3,(H2,24,25,26);1H. The smallest absolute Gasteiger partial charge is 0.387 e. The maximum atomic E-state index is 12.6. The lowest BCUT2D eigenvalue weighted by Gasteiger charge is -2.13. The molecule has 0 spiro atoms. The van der Waals surface area contributed by atoms with Crippen molar-refractivity contribution in [2.45, 2.75) is 33.4 Å². The fourth-order valence-corrected chi connectivity index (χ4v) is 2.97. The number of fused-ring (bicyclic) bond motifs is 1. The van der Waals surface area contributed by atoms with E-state index in [0.29, 0.717) is 24.6 Å². The summed E-state index contributed by atoms with van der Waals surface area (Å²) in [6, 6.07) is 11.0. The lowest BCUT2D eigenvalue weighted by Crippen LogP contribution is -2.38. The van der Waals surface area contributed by atoms with Gasteiger partial charge in [0.15, 0.2) is 5.96 Å². The second-order valence-corrected chi connectivity index (χ2v) is 6.56. The summed E-state index contributed by atoms with van der Waals surface area (Å²) in [4.78, 5) is 9.08. The van der Waals surface area contributed by atoms with E-state index in [9.17, 15) is 8.78 Å². The quantitative estimate of drug-likeness (QED) is 0.262. The van der Waals surface area contributed by atoms with Crippen molar-refractivity contribution in [2.24, 2.45) is 4.99 Å². The first-order valence-electron chi connectivity index (χ1n) is 9.54. The van der Waals surface area contributed by atoms with Gasteiger partial charge in [-0.1, -0.05) is 23.8 Å². The number of nitrogens with zero attached hydrogens (tertiary/aromatic N) is 3. The summed E-state index contributed by atoms with van der Waals surface area (Å²) < 4.78 is 31.9.